The van der Waals surface area contributed by atoms with Gasteiger partial charge in [0.1, 0.15) is 5.03 Å². The molecule has 1 atom stereocenters. The van der Waals surface area contributed by atoms with Crippen molar-refractivity contribution in [3.63, 3.8) is 0 Å². The normalized spacial score (nSPS) is 11.9. The fourth-order valence-corrected chi connectivity index (χ4v) is 3.71. The smallest absolute Gasteiger partial charge is 0.314 e. The van der Waals surface area contributed by atoms with Gasteiger partial charge in [0, 0.05) is 18.5 Å². The minimum absolute atomic E-state index is 0.236. The van der Waals surface area contributed by atoms with Gasteiger partial charge in [-0.2, -0.15) is 4.37 Å². The summed E-state index contributed by atoms with van der Waals surface area (Å²) in [6.45, 7) is 2.77. The molecule has 0 aliphatic carbocycles. The zero-order valence-electron chi connectivity index (χ0n) is 13.9. The number of aliphatic hydroxyl groups excluding tert-OH is 1. The number of thioether (sulfide) groups is 1. The number of carbonyl (C=O) groups excluding carboxylic acids is 2. The second kappa shape index (κ2) is 12.1. The third kappa shape index (κ3) is 8.51. The first-order chi connectivity index (χ1) is 11.5. The maximum absolute atomic E-state index is 11.4. The Balaban J connectivity index is 1.98. The molecule has 3 amide bonds. The van der Waals surface area contributed by atoms with Gasteiger partial charge < -0.3 is 21.5 Å². The van der Waals surface area contributed by atoms with E-state index in [9.17, 15) is 14.7 Å². The number of primary amides is 1. The van der Waals surface area contributed by atoms with Gasteiger partial charge in [-0.15, -0.1) is 11.8 Å². The topological polar surface area (TPSA) is 117 Å². The van der Waals surface area contributed by atoms with Crippen molar-refractivity contribution in [1.82, 2.24) is 15.0 Å². The number of urea groups is 1. The van der Waals surface area contributed by atoms with E-state index in [1.54, 1.807) is 17.1 Å². The highest BCUT2D eigenvalue weighted by molar-refractivity contribution is 7.99. The Labute approximate surface area is 150 Å². The summed E-state index contributed by atoms with van der Waals surface area (Å²) in [5, 5.41) is 17.1. The fraction of sp³-hybridized carbons (Fsp3) is 0.667. The molecule has 0 radical (unpaired) electrons. The van der Waals surface area contributed by atoms with Crippen LogP contribution in [0.2, 0.25) is 0 Å². The Morgan fingerprint density at radius 2 is 2.08 bits per heavy atom. The molecule has 9 heteroatoms. The van der Waals surface area contributed by atoms with Crippen LogP contribution in [0.4, 0.5) is 4.79 Å². The quantitative estimate of drug-likeness (QED) is 0.329. The van der Waals surface area contributed by atoms with Crippen molar-refractivity contribution in [3.05, 3.63) is 10.9 Å². The van der Waals surface area contributed by atoms with E-state index in [0.29, 0.717) is 18.5 Å². The SMILES string of the molecule is CCC(O)CNC(=O)NCCCCCCSc1nscc1C(N)=O. The molecule has 24 heavy (non-hydrogen) atoms. The lowest BCUT2D eigenvalue weighted by Crippen LogP contribution is -2.39. The molecule has 0 fully saturated rings. The Kier molecular flexibility index (Phi) is 10.4. The van der Waals surface area contributed by atoms with Crippen molar-refractivity contribution in [2.45, 2.75) is 50.2 Å². The van der Waals surface area contributed by atoms with E-state index in [0.717, 1.165) is 36.5 Å². The first kappa shape index (κ1) is 20.7. The Morgan fingerprint density at radius 1 is 1.33 bits per heavy atom. The van der Waals surface area contributed by atoms with Gasteiger partial charge in [-0.1, -0.05) is 19.8 Å². The van der Waals surface area contributed by atoms with Crippen molar-refractivity contribution in [3.8, 4) is 0 Å². The van der Waals surface area contributed by atoms with Crippen LogP contribution in [0.25, 0.3) is 0 Å². The van der Waals surface area contributed by atoms with Gasteiger partial charge in [0.15, 0.2) is 0 Å². The van der Waals surface area contributed by atoms with E-state index in [1.807, 2.05) is 6.92 Å². The monoisotopic (exact) mass is 374 g/mol. The highest BCUT2D eigenvalue weighted by atomic mass is 32.2. The number of nitrogens with one attached hydrogen (secondary N) is 2. The van der Waals surface area contributed by atoms with Crippen LogP contribution in [0.5, 0.6) is 0 Å². The average Bonchev–Trinajstić information content (AvgIpc) is 3.03. The highest BCUT2D eigenvalue weighted by Crippen LogP contribution is 2.23. The maximum atomic E-state index is 11.4. The molecule has 5 N–H and O–H groups in total. The summed E-state index contributed by atoms with van der Waals surface area (Å²) < 4.78 is 4.17. The molecule has 1 heterocycles. The number of carbonyl (C=O) groups is 2. The summed E-state index contributed by atoms with van der Waals surface area (Å²) in [6, 6.07) is -0.236. The zero-order chi connectivity index (χ0) is 17.8. The molecule has 0 bridgehead atoms. The molecule has 7 nitrogen and oxygen atoms in total. The van der Waals surface area contributed by atoms with Crippen LogP contribution in [-0.2, 0) is 0 Å². The summed E-state index contributed by atoms with van der Waals surface area (Å²) in [7, 11) is 0. The molecule has 0 saturated heterocycles. The van der Waals surface area contributed by atoms with Gasteiger partial charge in [0.05, 0.1) is 11.7 Å². The van der Waals surface area contributed by atoms with Crippen LogP contribution in [0.3, 0.4) is 0 Å². The number of hydrogen-bond donors (Lipinski definition) is 4. The predicted octanol–water partition coefficient (Wildman–Crippen LogP) is 1.96. The molecule has 0 aromatic carbocycles. The number of nitrogens with zero attached hydrogens (tertiary/aromatic N) is 1. The van der Waals surface area contributed by atoms with Crippen molar-refractivity contribution >= 4 is 35.2 Å². The molecule has 1 aromatic rings. The molecule has 136 valence electrons. The van der Waals surface area contributed by atoms with E-state index in [4.69, 9.17) is 5.73 Å². The van der Waals surface area contributed by atoms with E-state index in [-0.39, 0.29) is 12.6 Å². The third-order valence-electron chi connectivity index (χ3n) is 3.37. The molecule has 1 aromatic heterocycles. The number of amides is 3. The first-order valence-corrected chi connectivity index (χ1v) is 9.93. The van der Waals surface area contributed by atoms with Gasteiger partial charge in [-0.05, 0) is 36.5 Å². The molecular weight excluding hydrogens is 348 g/mol. The Hall–Kier alpha value is -1.32. The Bertz CT molecular complexity index is 511. The van der Waals surface area contributed by atoms with E-state index in [1.165, 1.54) is 11.5 Å². The average molecular weight is 375 g/mol. The lowest BCUT2D eigenvalue weighted by molar-refractivity contribution is 0.0997. The minimum Gasteiger partial charge on any atom is -0.391 e. The van der Waals surface area contributed by atoms with E-state index < -0.39 is 12.0 Å². The van der Waals surface area contributed by atoms with Crippen LogP contribution >= 0.6 is 23.3 Å². The summed E-state index contributed by atoms with van der Waals surface area (Å²) in [4.78, 5) is 22.6. The molecular formula is C15H26N4O3S2. The van der Waals surface area contributed by atoms with E-state index >= 15 is 0 Å². The third-order valence-corrected chi connectivity index (χ3v) is 5.19. The van der Waals surface area contributed by atoms with Gasteiger partial charge in [0.25, 0.3) is 5.91 Å². The van der Waals surface area contributed by atoms with Crippen LogP contribution in [-0.4, -0.2) is 46.4 Å². The van der Waals surface area contributed by atoms with Gasteiger partial charge in [-0.25, -0.2) is 4.79 Å². The molecule has 1 rings (SSSR count). The lowest BCUT2D eigenvalue weighted by atomic mass is 10.2. The summed E-state index contributed by atoms with van der Waals surface area (Å²) in [5.41, 5.74) is 5.78. The van der Waals surface area contributed by atoms with Gasteiger partial charge in [0.2, 0.25) is 0 Å². The number of nitrogens with two attached hydrogens (primary N) is 1. The fourth-order valence-electron chi connectivity index (χ4n) is 1.86. The van der Waals surface area contributed by atoms with Crippen molar-refractivity contribution in [2.75, 3.05) is 18.8 Å². The van der Waals surface area contributed by atoms with Crippen molar-refractivity contribution in [2.24, 2.45) is 5.73 Å². The van der Waals surface area contributed by atoms with Crippen molar-refractivity contribution in [1.29, 1.82) is 0 Å². The molecule has 1 unspecified atom stereocenters. The second-order valence-corrected chi connectivity index (χ2v) is 7.07. The molecule has 0 saturated carbocycles. The summed E-state index contributed by atoms with van der Waals surface area (Å²) >= 11 is 2.80. The van der Waals surface area contributed by atoms with Crippen molar-refractivity contribution < 1.29 is 14.7 Å². The Morgan fingerprint density at radius 3 is 2.79 bits per heavy atom. The highest BCUT2D eigenvalue weighted by Gasteiger charge is 2.11. The summed E-state index contributed by atoms with van der Waals surface area (Å²) in [5.74, 6) is 0.467. The molecule has 0 aliphatic heterocycles. The standard InChI is InChI=1S/C15H26N4O3S2/c1-2-11(20)9-18-15(22)17-7-5-3-4-6-8-23-14-12(13(16)21)10-24-19-14/h10-11,20H,2-9H2,1H3,(H2,16,21)(H2,17,18,22). The lowest BCUT2D eigenvalue weighted by Gasteiger charge is -2.10. The van der Waals surface area contributed by atoms with Crippen LogP contribution in [0, 0.1) is 0 Å². The summed E-state index contributed by atoms with van der Waals surface area (Å²) in [6.07, 6.45) is 4.16. The van der Waals surface area contributed by atoms with Gasteiger partial charge >= 0.3 is 6.03 Å². The first-order valence-electron chi connectivity index (χ1n) is 8.11. The number of aliphatic hydroxyl groups is 1. The van der Waals surface area contributed by atoms with Crippen LogP contribution in [0.1, 0.15) is 49.4 Å². The predicted molar refractivity (Wildman–Crippen MR) is 97.5 cm³/mol. The largest absolute Gasteiger partial charge is 0.391 e. The zero-order valence-corrected chi connectivity index (χ0v) is 15.5. The molecule has 0 spiro atoms. The minimum atomic E-state index is -0.485. The second-order valence-electron chi connectivity index (χ2n) is 5.36. The van der Waals surface area contributed by atoms with Crippen LogP contribution in [0.15, 0.2) is 10.4 Å². The van der Waals surface area contributed by atoms with E-state index in [2.05, 4.69) is 15.0 Å². The maximum Gasteiger partial charge on any atom is 0.314 e. The number of rotatable bonds is 12. The number of hydrogen-bond acceptors (Lipinski definition) is 6. The number of unbranched alkanes of at least 4 members (excludes halogenated alkanes) is 3. The van der Waals surface area contributed by atoms with Crippen LogP contribution < -0.4 is 16.4 Å². The number of aromatic nitrogens is 1. The molecule has 0 aliphatic rings. The van der Waals surface area contributed by atoms with Gasteiger partial charge in [-0.3, -0.25) is 4.79 Å².